The highest BCUT2D eigenvalue weighted by Crippen LogP contribution is 2.23. The number of aryl methyl sites for hydroxylation is 2. The molecule has 0 atom stereocenters. The van der Waals surface area contributed by atoms with E-state index in [1.54, 1.807) is 23.9 Å². The summed E-state index contributed by atoms with van der Waals surface area (Å²) in [5, 5.41) is 7.47. The molecule has 0 radical (unpaired) electrons. The molecule has 3 heterocycles. The van der Waals surface area contributed by atoms with Gasteiger partial charge in [-0.1, -0.05) is 26.8 Å². The second-order valence-electron chi connectivity index (χ2n) is 7.66. The van der Waals surface area contributed by atoms with E-state index in [0.717, 1.165) is 17.8 Å². The van der Waals surface area contributed by atoms with Crippen molar-refractivity contribution in [2.45, 2.75) is 39.5 Å². The molecule has 0 saturated carbocycles. The van der Waals surface area contributed by atoms with Gasteiger partial charge in [0.05, 0.1) is 5.69 Å². The van der Waals surface area contributed by atoms with Crippen molar-refractivity contribution in [1.82, 2.24) is 24.8 Å². The van der Waals surface area contributed by atoms with Crippen LogP contribution in [0.4, 0.5) is 0 Å². The van der Waals surface area contributed by atoms with Crippen LogP contribution in [-0.2, 0) is 12.5 Å². The molecule has 2 aromatic rings. The Bertz CT molecular complexity index is 850. The van der Waals surface area contributed by atoms with Crippen molar-refractivity contribution in [3.63, 3.8) is 0 Å². The Hall–Kier alpha value is -2.70. The second kappa shape index (κ2) is 6.55. The SMILES string of the molecule is Cc1cccc(C(=O)N2CCCN2C(=O)c2cc(C(C)(C)C)nn2C)n1. The molecule has 1 fully saturated rings. The minimum Gasteiger partial charge on any atom is -0.265 e. The lowest BCUT2D eigenvalue weighted by molar-refractivity contribution is 0.0175. The first-order valence-electron chi connectivity index (χ1n) is 8.80. The fourth-order valence-electron chi connectivity index (χ4n) is 2.99. The third-order valence-corrected chi connectivity index (χ3v) is 4.47. The Kier molecular flexibility index (Phi) is 4.56. The Morgan fingerprint density at radius 1 is 1.08 bits per heavy atom. The van der Waals surface area contributed by atoms with Crippen LogP contribution in [-0.4, -0.2) is 49.7 Å². The van der Waals surface area contributed by atoms with Gasteiger partial charge >= 0.3 is 0 Å². The summed E-state index contributed by atoms with van der Waals surface area (Å²) < 4.78 is 1.59. The predicted molar refractivity (Wildman–Crippen MR) is 97.6 cm³/mol. The first kappa shape index (κ1) is 18.1. The lowest BCUT2D eigenvalue weighted by Crippen LogP contribution is -2.45. The van der Waals surface area contributed by atoms with Crippen LogP contribution in [0.25, 0.3) is 0 Å². The fraction of sp³-hybridized carbons (Fsp3) is 0.474. The minimum absolute atomic E-state index is 0.151. The van der Waals surface area contributed by atoms with E-state index in [4.69, 9.17) is 0 Å². The number of aromatic nitrogens is 3. The van der Waals surface area contributed by atoms with Crippen molar-refractivity contribution in [2.75, 3.05) is 13.1 Å². The van der Waals surface area contributed by atoms with Gasteiger partial charge in [0.1, 0.15) is 11.4 Å². The van der Waals surface area contributed by atoms with Crippen LogP contribution in [0.3, 0.4) is 0 Å². The van der Waals surface area contributed by atoms with Crippen LogP contribution >= 0.6 is 0 Å². The molecule has 0 aliphatic carbocycles. The lowest BCUT2D eigenvalue weighted by Gasteiger charge is -2.27. The van der Waals surface area contributed by atoms with Crippen LogP contribution < -0.4 is 0 Å². The van der Waals surface area contributed by atoms with Crippen molar-refractivity contribution in [1.29, 1.82) is 0 Å². The molecule has 0 N–H and O–H groups in total. The summed E-state index contributed by atoms with van der Waals surface area (Å²) in [6.07, 6.45) is 0.743. The number of carbonyl (C=O) groups excluding carboxylic acids is 2. The largest absolute Gasteiger partial charge is 0.291 e. The maximum atomic E-state index is 13.1. The number of carbonyl (C=O) groups is 2. The molecule has 7 heteroatoms. The van der Waals surface area contributed by atoms with Gasteiger partial charge in [0, 0.05) is 31.2 Å². The van der Waals surface area contributed by atoms with Gasteiger partial charge in [0.25, 0.3) is 11.8 Å². The molecule has 1 aliphatic rings. The summed E-state index contributed by atoms with van der Waals surface area (Å²) in [7, 11) is 1.76. The summed E-state index contributed by atoms with van der Waals surface area (Å²) in [5.41, 5.74) is 2.30. The number of hydrogen-bond donors (Lipinski definition) is 0. The molecular formula is C19H25N5O2. The number of pyridine rings is 1. The highest BCUT2D eigenvalue weighted by atomic mass is 16.2. The van der Waals surface area contributed by atoms with E-state index in [9.17, 15) is 9.59 Å². The average molecular weight is 355 g/mol. The molecule has 7 nitrogen and oxygen atoms in total. The summed E-state index contributed by atoms with van der Waals surface area (Å²) in [5.74, 6) is -0.466. The van der Waals surface area contributed by atoms with Gasteiger partial charge in [-0.3, -0.25) is 14.3 Å². The first-order valence-corrected chi connectivity index (χ1v) is 8.80. The van der Waals surface area contributed by atoms with Crippen molar-refractivity contribution in [3.05, 3.63) is 47.0 Å². The molecule has 0 unspecified atom stereocenters. The van der Waals surface area contributed by atoms with Gasteiger partial charge in [-0.2, -0.15) is 5.10 Å². The number of hydrogen-bond acceptors (Lipinski definition) is 4. The van der Waals surface area contributed by atoms with Crippen LogP contribution in [0.1, 0.15) is 59.6 Å². The molecule has 2 aromatic heterocycles. The van der Waals surface area contributed by atoms with E-state index in [0.29, 0.717) is 24.5 Å². The zero-order valence-corrected chi connectivity index (χ0v) is 16.0. The quantitative estimate of drug-likeness (QED) is 0.829. The van der Waals surface area contributed by atoms with Gasteiger partial charge < -0.3 is 0 Å². The molecule has 0 bridgehead atoms. The molecule has 138 valence electrons. The lowest BCUT2D eigenvalue weighted by atomic mass is 9.92. The van der Waals surface area contributed by atoms with Crippen LogP contribution in [0.15, 0.2) is 24.3 Å². The van der Waals surface area contributed by atoms with Crippen LogP contribution in [0.2, 0.25) is 0 Å². The van der Waals surface area contributed by atoms with Crippen molar-refractivity contribution in [3.8, 4) is 0 Å². The average Bonchev–Trinajstić information content (AvgIpc) is 3.20. The van der Waals surface area contributed by atoms with E-state index < -0.39 is 0 Å². The molecule has 2 amide bonds. The highest BCUT2D eigenvalue weighted by Gasteiger charge is 2.34. The van der Waals surface area contributed by atoms with Crippen molar-refractivity contribution < 1.29 is 9.59 Å². The van der Waals surface area contributed by atoms with Gasteiger partial charge in [-0.05, 0) is 31.5 Å². The summed E-state index contributed by atoms with van der Waals surface area (Å²) in [4.78, 5) is 30.2. The van der Waals surface area contributed by atoms with Gasteiger partial charge in [-0.25, -0.2) is 15.0 Å². The van der Waals surface area contributed by atoms with Crippen LogP contribution in [0, 0.1) is 6.92 Å². The standard InChI is InChI=1S/C19H25N5O2/c1-13-8-6-9-14(20-13)17(25)23-10-7-11-24(23)18(26)15-12-16(19(2,3)4)21-22(15)5/h6,8-9,12H,7,10-11H2,1-5H3. The van der Waals surface area contributed by atoms with Gasteiger partial charge in [0.15, 0.2) is 0 Å². The maximum Gasteiger partial charge on any atom is 0.291 e. The molecule has 1 aliphatic heterocycles. The minimum atomic E-state index is -0.252. The number of nitrogens with zero attached hydrogens (tertiary/aromatic N) is 5. The van der Waals surface area contributed by atoms with E-state index in [1.807, 2.05) is 19.1 Å². The Labute approximate surface area is 153 Å². The number of rotatable bonds is 2. The number of amides is 2. The summed E-state index contributed by atoms with van der Waals surface area (Å²) in [6, 6.07) is 7.13. The summed E-state index contributed by atoms with van der Waals surface area (Å²) >= 11 is 0. The molecular weight excluding hydrogens is 330 g/mol. The highest BCUT2D eigenvalue weighted by molar-refractivity contribution is 5.98. The normalized spacial score (nSPS) is 14.8. The van der Waals surface area contributed by atoms with Crippen LogP contribution in [0.5, 0.6) is 0 Å². The van der Waals surface area contributed by atoms with E-state index >= 15 is 0 Å². The zero-order valence-electron chi connectivity index (χ0n) is 16.0. The first-order chi connectivity index (χ1) is 12.2. The van der Waals surface area contributed by atoms with Gasteiger partial charge in [-0.15, -0.1) is 0 Å². The Balaban J connectivity index is 1.87. The third-order valence-electron chi connectivity index (χ3n) is 4.47. The molecule has 0 aromatic carbocycles. The molecule has 3 rings (SSSR count). The third kappa shape index (κ3) is 3.34. The Morgan fingerprint density at radius 2 is 1.73 bits per heavy atom. The van der Waals surface area contributed by atoms with Gasteiger partial charge in [0.2, 0.25) is 0 Å². The predicted octanol–water partition coefficient (Wildman–Crippen LogP) is 2.32. The monoisotopic (exact) mass is 355 g/mol. The maximum absolute atomic E-state index is 13.1. The van der Waals surface area contributed by atoms with Crippen molar-refractivity contribution in [2.24, 2.45) is 7.05 Å². The number of hydrazine groups is 1. The Morgan fingerprint density at radius 3 is 2.31 bits per heavy atom. The van der Waals surface area contributed by atoms with E-state index in [-0.39, 0.29) is 17.2 Å². The van der Waals surface area contributed by atoms with E-state index in [1.165, 1.54) is 10.0 Å². The topological polar surface area (TPSA) is 71.3 Å². The van der Waals surface area contributed by atoms with E-state index in [2.05, 4.69) is 30.9 Å². The summed E-state index contributed by atoms with van der Waals surface area (Å²) in [6.45, 7) is 9.01. The van der Waals surface area contributed by atoms with Crippen molar-refractivity contribution >= 4 is 11.8 Å². The smallest absolute Gasteiger partial charge is 0.265 e. The fourth-order valence-corrected chi connectivity index (χ4v) is 2.99. The molecule has 26 heavy (non-hydrogen) atoms. The molecule has 0 spiro atoms. The second-order valence-corrected chi connectivity index (χ2v) is 7.66. The molecule has 1 saturated heterocycles. The zero-order chi connectivity index (χ0) is 19.1.